The van der Waals surface area contributed by atoms with E-state index in [4.69, 9.17) is 4.98 Å². The van der Waals surface area contributed by atoms with Crippen LogP contribution in [-0.4, -0.2) is 47.2 Å². The molecule has 0 saturated carbocycles. The first-order valence-corrected chi connectivity index (χ1v) is 15.3. The predicted molar refractivity (Wildman–Crippen MR) is 149 cm³/mol. The summed E-state index contributed by atoms with van der Waals surface area (Å²) in [5.41, 5.74) is 3.76. The van der Waals surface area contributed by atoms with Gasteiger partial charge in [-0.3, -0.25) is 0 Å². The third-order valence-corrected chi connectivity index (χ3v) is 8.64. The van der Waals surface area contributed by atoms with Gasteiger partial charge in [-0.05, 0) is 30.0 Å². The minimum Gasteiger partial charge on any atom is -0.411 e. The molecule has 0 radical (unpaired) electrons. The molecule has 4 rings (SSSR count). The molecule has 0 saturated heterocycles. The molecule has 1 aliphatic heterocycles. The molecule has 0 aliphatic carbocycles. The molecule has 0 spiro atoms. The number of aromatic nitrogens is 2. The van der Waals surface area contributed by atoms with Gasteiger partial charge >= 0.3 is 6.03 Å². The Kier molecular flexibility index (Phi) is 9.11. The van der Waals surface area contributed by atoms with E-state index in [0.29, 0.717) is 37.2 Å². The van der Waals surface area contributed by atoms with Crippen molar-refractivity contribution < 1.29 is 18.4 Å². The summed E-state index contributed by atoms with van der Waals surface area (Å²) >= 11 is 1.68. The second kappa shape index (κ2) is 12.5. The van der Waals surface area contributed by atoms with Gasteiger partial charge in [-0.15, -0.1) is 11.8 Å². The lowest BCUT2D eigenvalue weighted by Gasteiger charge is -2.17. The minimum absolute atomic E-state index is 0.0331. The van der Waals surface area contributed by atoms with E-state index >= 15 is 0 Å². The van der Waals surface area contributed by atoms with Gasteiger partial charge in [0, 0.05) is 37.2 Å². The zero-order chi connectivity index (χ0) is 27.1. The summed E-state index contributed by atoms with van der Waals surface area (Å²) in [7, 11) is -4.07. The third-order valence-electron chi connectivity index (χ3n) is 6.29. The maximum Gasteiger partial charge on any atom is 0.328 e. The number of nitrogens with one attached hydrogen (secondary N) is 2. The normalized spacial score (nSPS) is 14.3. The number of urea groups is 1. The van der Waals surface area contributed by atoms with Crippen molar-refractivity contribution in [3.8, 4) is 11.1 Å². The summed E-state index contributed by atoms with van der Waals surface area (Å²) in [6, 6.07) is 13.6. The Labute approximate surface area is 227 Å². The second-order valence-electron chi connectivity index (χ2n) is 9.07. The number of carbonyl (C=O) groups is 1. The molecular formula is C27H33N5O4S2. The molecule has 0 bridgehead atoms. The molecule has 0 unspecified atom stereocenters. The number of amides is 2. The van der Waals surface area contributed by atoms with Crippen LogP contribution >= 0.6 is 11.8 Å². The number of sulfonamides is 1. The van der Waals surface area contributed by atoms with Crippen molar-refractivity contribution in [2.75, 3.05) is 12.3 Å². The Morgan fingerprint density at radius 3 is 2.61 bits per heavy atom. The highest BCUT2D eigenvalue weighted by molar-refractivity contribution is 7.99. The average molecular weight is 556 g/mol. The van der Waals surface area contributed by atoms with Gasteiger partial charge in [0.15, 0.2) is 0 Å². The Bertz CT molecular complexity index is 1420. The van der Waals surface area contributed by atoms with Crippen molar-refractivity contribution in [2.24, 2.45) is 5.16 Å². The number of fused-ring (bicyclic) bond motifs is 1. The van der Waals surface area contributed by atoms with Gasteiger partial charge in [0.1, 0.15) is 22.3 Å². The van der Waals surface area contributed by atoms with Gasteiger partial charge in [-0.25, -0.2) is 22.9 Å². The van der Waals surface area contributed by atoms with Crippen molar-refractivity contribution in [2.45, 2.75) is 62.4 Å². The van der Waals surface area contributed by atoms with Crippen molar-refractivity contribution >= 4 is 33.5 Å². The van der Waals surface area contributed by atoms with Crippen LogP contribution in [0.4, 0.5) is 4.79 Å². The number of hydrogen-bond donors (Lipinski definition) is 3. The number of benzene rings is 2. The van der Waals surface area contributed by atoms with E-state index in [9.17, 15) is 18.4 Å². The van der Waals surface area contributed by atoms with Crippen LogP contribution in [0, 0.1) is 0 Å². The van der Waals surface area contributed by atoms with Crippen molar-refractivity contribution in [1.29, 1.82) is 0 Å². The van der Waals surface area contributed by atoms with Crippen molar-refractivity contribution in [3.63, 3.8) is 0 Å². The standard InChI is InChI=1S/C27H33N5O4S2/c1-3-5-10-24-29-26-25(22(30-34)15-17-37-26)32(24)18-19-11-13-20(14-12-19)21-8-6-7-9-23(21)38(35,36)31-27(33)28-16-4-2/h6-9,11-14,34H,3-5,10,15-18H2,1-2H3,(H2,28,31,33). The highest BCUT2D eigenvalue weighted by atomic mass is 32.2. The topological polar surface area (TPSA) is 126 Å². The summed E-state index contributed by atoms with van der Waals surface area (Å²) < 4.78 is 30.2. The highest BCUT2D eigenvalue weighted by Gasteiger charge is 2.26. The number of thioether (sulfide) groups is 1. The smallest absolute Gasteiger partial charge is 0.328 e. The van der Waals surface area contributed by atoms with Gasteiger partial charge in [-0.1, -0.05) is 67.9 Å². The molecule has 11 heteroatoms. The molecule has 1 aliphatic rings. The molecule has 2 heterocycles. The van der Waals surface area contributed by atoms with Crippen LogP contribution in [0.1, 0.15) is 56.6 Å². The largest absolute Gasteiger partial charge is 0.411 e. The van der Waals surface area contributed by atoms with E-state index in [0.717, 1.165) is 52.7 Å². The van der Waals surface area contributed by atoms with Crippen LogP contribution in [-0.2, 0) is 23.0 Å². The number of rotatable bonds is 10. The van der Waals surface area contributed by atoms with Gasteiger partial charge in [0.2, 0.25) is 0 Å². The molecule has 9 nitrogen and oxygen atoms in total. The fraction of sp³-hybridized carbons (Fsp3) is 0.370. The highest BCUT2D eigenvalue weighted by Crippen LogP contribution is 2.32. The van der Waals surface area contributed by atoms with Crippen LogP contribution in [0.25, 0.3) is 11.1 Å². The molecule has 3 aromatic rings. The number of nitrogens with zero attached hydrogens (tertiary/aromatic N) is 3. The van der Waals surface area contributed by atoms with Crippen LogP contribution in [0.3, 0.4) is 0 Å². The average Bonchev–Trinajstić information content (AvgIpc) is 3.28. The first-order valence-electron chi connectivity index (χ1n) is 12.8. The molecule has 0 fully saturated rings. The van der Waals surface area contributed by atoms with Gasteiger partial charge in [0.25, 0.3) is 10.0 Å². The van der Waals surface area contributed by atoms with E-state index in [-0.39, 0.29) is 4.90 Å². The summed E-state index contributed by atoms with van der Waals surface area (Å²) in [4.78, 5) is 16.9. The van der Waals surface area contributed by atoms with Crippen molar-refractivity contribution in [3.05, 3.63) is 65.6 Å². The summed E-state index contributed by atoms with van der Waals surface area (Å²) in [5, 5.41) is 16.6. The molecular weight excluding hydrogens is 522 g/mol. The number of unbranched alkanes of at least 4 members (excludes halogenated alkanes) is 1. The predicted octanol–water partition coefficient (Wildman–Crippen LogP) is 5.01. The maximum atomic E-state index is 13.0. The van der Waals surface area contributed by atoms with Crippen LogP contribution in [0.2, 0.25) is 0 Å². The molecule has 38 heavy (non-hydrogen) atoms. The van der Waals surface area contributed by atoms with E-state index in [1.807, 2.05) is 31.2 Å². The lowest BCUT2D eigenvalue weighted by atomic mass is 10.0. The van der Waals surface area contributed by atoms with E-state index in [1.54, 1.807) is 30.0 Å². The van der Waals surface area contributed by atoms with E-state index in [1.165, 1.54) is 6.07 Å². The molecule has 202 valence electrons. The lowest BCUT2D eigenvalue weighted by Crippen LogP contribution is -2.39. The SMILES string of the molecule is CCCCc1nc2c(n1Cc1ccc(-c3ccccc3S(=O)(=O)NC(=O)NCCC)cc1)C(=NO)CCS2. The molecule has 2 amide bonds. The number of oxime groups is 1. The van der Waals surface area contributed by atoms with Gasteiger partial charge in [-0.2, -0.15) is 0 Å². The number of imidazole rings is 1. The first kappa shape index (κ1) is 27.7. The minimum atomic E-state index is -4.07. The van der Waals surface area contributed by atoms with Gasteiger partial charge < -0.3 is 15.1 Å². The first-order chi connectivity index (χ1) is 18.4. The quantitative estimate of drug-likeness (QED) is 0.238. The zero-order valence-corrected chi connectivity index (χ0v) is 23.2. The third kappa shape index (κ3) is 6.21. The van der Waals surface area contributed by atoms with Gasteiger partial charge in [0.05, 0.1) is 4.90 Å². The molecule has 0 atom stereocenters. The summed E-state index contributed by atoms with van der Waals surface area (Å²) in [5.74, 6) is 1.81. The number of carbonyl (C=O) groups excluding carboxylic acids is 1. The fourth-order valence-corrected chi connectivity index (χ4v) is 6.56. The molecule has 2 aromatic carbocycles. The van der Waals surface area contributed by atoms with Crippen molar-refractivity contribution in [1.82, 2.24) is 19.6 Å². The van der Waals surface area contributed by atoms with E-state index < -0.39 is 16.1 Å². The number of aryl methyl sites for hydroxylation is 1. The van der Waals surface area contributed by atoms with Crippen LogP contribution in [0.15, 0.2) is 63.6 Å². The summed E-state index contributed by atoms with van der Waals surface area (Å²) in [6.45, 7) is 4.97. The Morgan fingerprint density at radius 2 is 1.89 bits per heavy atom. The second-order valence-corrected chi connectivity index (χ2v) is 11.8. The lowest BCUT2D eigenvalue weighted by molar-refractivity contribution is 0.246. The molecule has 1 aromatic heterocycles. The monoisotopic (exact) mass is 555 g/mol. The summed E-state index contributed by atoms with van der Waals surface area (Å²) in [6.07, 6.45) is 4.29. The number of hydrogen-bond acceptors (Lipinski definition) is 7. The fourth-order valence-electron chi connectivity index (χ4n) is 4.37. The Balaban J connectivity index is 1.62. The maximum absolute atomic E-state index is 13.0. The molecule has 3 N–H and O–H groups in total. The Hall–Kier alpha value is -3.31. The zero-order valence-electron chi connectivity index (χ0n) is 21.6. The Morgan fingerprint density at radius 1 is 1.13 bits per heavy atom. The van der Waals surface area contributed by atoms with Crippen LogP contribution in [0.5, 0.6) is 0 Å². The van der Waals surface area contributed by atoms with Crippen LogP contribution < -0.4 is 10.0 Å². The van der Waals surface area contributed by atoms with E-state index in [2.05, 4.69) is 26.7 Å².